The molecule has 1 aromatic carbocycles. The van der Waals surface area contributed by atoms with E-state index in [4.69, 9.17) is 11.6 Å². The first-order chi connectivity index (χ1) is 12.1. The van der Waals surface area contributed by atoms with Crippen molar-refractivity contribution < 1.29 is 8.42 Å². The molecule has 3 rings (SSSR count). The summed E-state index contributed by atoms with van der Waals surface area (Å²) in [6.45, 7) is 3.21. The zero-order valence-corrected chi connectivity index (χ0v) is 16.3. The highest BCUT2D eigenvalue weighted by molar-refractivity contribution is 7.92. The third-order valence-corrected chi connectivity index (χ3v) is 6.20. The lowest BCUT2D eigenvalue weighted by molar-refractivity contribution is 0.600. The molecule has 3 aromatic rings. The minimum absolute atomic E-state index is 0.0213. The smallest absolute Gasteiger partial charge is 0.283 e. The second-order valence-corrected chi connectivity index (χ2v) is 7.85. The summed E-state index contributed by atoms with van der Waals surface area (Å²) in [5.41, 5.74) is 0.847. The standard InChI is InChI=1S/C16H18ClN5O3S/c1-10-14(15(17)20(3)18-10)26(24,25)19-13-11(2)21(4)22(16(13)23)12-8-6-5-7-9-12/h5-9,19H,1-4H3. The van der Waals surface area contributed by atoms with Crippen molar-refractivity contribution in [3.05, 3.63) is 57.2 Å². The van der Waals surface area contributed by atoms with E-state index < -0.39 is 15.6 Å². The fourth-order valence-corrected chi connectivity index (χ4v) is 4.66. The third-order valence-electron chi connectivity index (χ3n) is 4.16. The van der Waals surface area contributed by atoms with Crippen molar-refractivity contribution in [1.82, 2.24) is 19.1 Å². The maximum Gasteiger partial charge on any atom is 0.296 e. The van der Waals surface area contributed by atoms with Gasteiger partial charge < -0.3 is 0 Å². The van der Waals surface area contributed by atoms with E-state index in [-0.39, 0.29) is 21.4 Å². The summed E-state index contributed by atoms with van der Waals surface area (Å²) in [7, 11) is -0.846. The molecule has 0 amide bonds. The van der Waals surface area contributed by atoms with Crippen LogP contribution in [0.1, 0.15) is 11.4 Å². The van der Waals surface area contributed by atoms with Gasteiger partial charge in [0.15, 0.2) is 0 Å². The van der Waals surface area contributed by atoms with Crippen molar-refractivity contribution in [2.24, 2.45) is 14.1 Å². The van der Waals surface area contributed by atoms with Crippen LogP contribution in [0.3, 0.4) is 0 Å². The number of benzene rings is 1. The molecule has 0 aliphatic rings. The summed E-state index contributed by atoms with van der Waals surface area (Å²) in [6, 6.07) is 8.96. The molecule has 1 N–H and O–H groups in total. The van der Waals surface area contributed by atoms with Crippen LogP contribution in [0.25, 0.3) is 5.69 Å². The first-order valence-electron chi connectivity index (χ1n) is 7.71. The van der Waals surface area contributed by atoms with Crippen LogP contribution in [0.15, 0.2) is 40.0 Å². The van der Waals surface area contributed by atoms with Gasteiger partial charge in [-0.15, -0.1) is 0 Å². The Kier molecular flexibility index (Phi) is 4.45. The zero-order chi connectivity index (χ0) is 19.2. The molecule has 8 nitrogen and oxygen atoms in total. The monoisotopic (exact) mass is 395 g/mol. The number of nitrogens with zero attached hydrogens (tertiary/aromatic N) is 4. The molecule has 0 aliphatic heterocycles. The van der Waals surface area contributed by atoms with E-state index in [0.717, 1.165) is 0 Å². The third kappa shape index (κ3) is 2.82. The van der Waals surface area contributed by atoms with Crippen LogP contribution in [-0.4, -0.2) is 27.6 Å². The van der Waals surface area contributed by atoms with Gasteiger partial charge in [0.05, 0.1) is 17.1 Å². The fraction of sp³-hybridized carbons (Fsp3) is 0.250. The van der Waals surface area contributed by atoms with E-state index in [2.05, 4.69) is 9.82 Å². The first kappa shape index (κ1) is 18.3. The minimum atomic E-state index is -4.08. The van der Waals surface area contributed by atoms with E-state index in [1.165, 1.54) is 9.36 Å². The van der Waals surface area contributed by atoms with Crippen LogP contribution in [0.4, 0.5) is 5.69 Å². The molecule has 0 saturated carbocycles. The van der Waals surface area contributed by atoms with Crippen LogP contribution in [0.2, 0.25) is 5.15 Å². The number of aromatic nitrogens is 4. The lowest BCUT2D eigenvalue weighted by Gasteiger charge is -2.07. The highest BCUT2D eigenvalue weighted by Gasteiger charge is 2.28. The van der Waals surface area contributed by atoms with Gasteiger partial charge in [-0.05, 0) is 26.0 Å². The number of nitrogens with one attached hydrogen (secondary N) is 1. The van der Waals surface area contributed by atoms with Crippen molar-refractivity contribution in [1.29, 1.82) is 0 Å². The van der Waals surface area contributed by atoms with Crippen molar-refractivity contribution in [3.8, 4) is 5.69 Å². The van der Waals surface area contributed by atoms with Gasteiger partial charge in [0, 0.05) is 14.1 Å². The SMILES string of the molecule is Cc1nn(C)c(Cl)c1S(=O)(=O)Nc1c(C)n(C)n(-c2ccccc2)c1=O. The predicted octanol–water partition coefficient (Wildman–Crippen LogP) is 1.98. The second-order valence-electron chi connectivity index (χ2n) is 5.87. The maximum absolute atomic E-state index is 12.9. The summed E-state index contributed by atoms with van der Waals surface area (Å²) in [4.78, 5) is 12.7. The number of aryl methyl sites for hydroxylation is 2. The average Bonchev–Trinajstić information content (AvgIpc) is 2.96. The lowest BCUT2D eigenvalue weighted by Crippen LogP contribution is -2.23. The van der Waals surface area contributed by atoms with Crippen molar-refractivity contribution >= 4 is 27.3 Å². The molecular weight excluding hydrogens is 378 g/mol. The number of sulfonamides is 1. The number of halogens is 1. The molecule has 2 heterocycles. The molecule has 0 unspecified atom stereocenters. The van der Waals surface area contributed by atoms with Gasteiger partial charge in [-0.25, -0.2) is 13.1 Å². The summed E-state index contributed by atoms with van der Waals surface area (Å²) < 4.78 is 32.3. The largest absolute Gasteiger partial charge is 0.296 e. The Morgan fingerprint density at radius 3 is 2.27 bits per heavy atom. The van der Waals surface area contributed by atoms with E-state index in [0.29, 0.717) is 11.4 Å². The molecule has 0 saturated heterocycles. The number of para-hydroxylation sites is 1. The van der Waals surface area contributed by atoms with Gasteiger partial charge in [0.25, 0.3) is 15.6 Å². The maximum atomic E-state index is 12.9. The predicted molar refractivity (Wildman–Crippen MR) is 99.5 cm³/mol. The van der Waals surface area contributed by atoms with Crippen LogP contribution in [-0.2, 0) is 24.1 Å². The van der Waals surface area contributed by atoms with Gasteiger partial charge in [-0.3, -0.25) is 18.9 Å². The molecule has 0 aliphatic carbocycles. The molecule has 26 heavy (non-hydrogen) atoms. The normalized spacial score (nSPS) is 11.7. The Morgan fingerprint density at radius 2 is 1.73 bits per heavy atom. The average molecular weight is 396 g/mol. The topological polar surface area (TPSA) is 90.9 Å². The summed E-state index contributed by atoms with van der Waals surface area (Å²) in [6.07, 6.45) is 0. The molecular formula is C16H18ClN5O3S. The Bertz CT molecular complexity index is 1140. The molecule has 0 spiro atoms. The van der Waals surface area contributed by atoms with Gasteiger partial charge in [0.2, 0.25) is 0 Å². The number of rotatable bonds is 4. The van der Waals surface area contributed by atoms with Crippen molar-refractivity contribution in [3.63, 3.8) is 0 Å². The van der Waals surface area contributed by atoms with E-state index >= 15 is 0 Å². The van der Waals surface area contributed by atoms with Crippen LogP contribution < -0.4 is 10.3 Å². The highest BCUT2D eigenvalue weighted by Crippen LogP contribution is 2.26. The fourth-order valence-electron chi connectivity index (χ4n) is 2.79. The van der Waals surface area contributed by atoms with Gasteiger partial charge >= 0.3 is 0 Å². The zero-order valence-electron chi connectivity index (χ0n) is 14.7. The Labute approximate surface area is 155 Å². The number of hydrogen-bond acceptors (Lipinski definition) is 4. The van der Waals surface area contributed by atoms with Crippen LogP contribution in [0, 0.1) is 13.8 Å². The van der Waals surface area contributed by atoms with Gasteiger partial charge in [0.1, 0.15) is 15.7 Å². The van der Waals surface area contributed by atoms with E-state index in [1.54, 1.807) is 56.9 Å². The highest BCUT2D eigenvalue weighted by atomic mass is 35.5. The molecule has 0 atom stereocenters. The molecule has 138 valence electrons. The summed E-state index contributed by atoms with van der Waals surface area (Å²) in [5, 5.41) is 3.99. The second kappa shape index (κ2) is 6.33. The molecule has 0 bridgehead atoms. The van der Waals surface area contributed by atoms with Crippen LogP contribution >= 0.6 is 11.6 Å². The van der Waals surface area contributed by atoms with Crippen LogP contribution in [0.5, 0.6) is 0 Å². The minimum Gasteiger partial charge on any atom is -0.283 e. The Balaban J connectivity index is 2.13. The molecule has 0 fully saturated rings. The first-order valence-corrected chi connectivity index (χ1v) is 9.57. The summed E-state index contributed by atoms with van der Waals surface area (Å²) in [5.74, 6) is 0. The van der Waals surface area contributed by atoms with Crippen molar-refractivity contribution in [2.45, 2.75) is 18.7 Å². The van der Waals surface area contributed by atoms with Gasteiger partial charge in [-0.2, -0.15) is 5.10 Å². The number of hydrogen-bond donors (Lipinski definition) is 1. The number of anilines is 1. The van der Waals surface area contributed by atoms with Gasteiger partial charge in [-0.1, -0.05) is 29.8 Å². The molecule has 0 radical (unpaired) electrons. The Hall–Kier alpha value is -2.52. The quantitative estimate of drug-likeness (QED) is 0.731. The molecule has 10 heteroatoms. The Morgan fingerprint density at radius 1 is 1.12 bits per heavy atom. The van der Waals surface area contributed by atoms with E-state index in [9.17, 15) is 13.2 Å². The molecule has 2 aromatic heterocycles. The summed E-state index contributed by atoms with van der Waals surface area (Å²) >= 11 is 6.07. The lowest BCUT2D eigenvalue weighted by atomic mass is 10.3. The van der Waals surface area contributed by atoms with E-state index in [1.807, 2.05) is 6.07 Å². The van der Waals surface area contributed by atoms with Crippen molar-refractivity contribution in [2.75, 3.05) is 4.72 Å².